The van der Waals surface area contributed by atoms with Gasteiger partial charge in [0.2, 0.25) is 10.0 Å². The molecule has 0 bridgehead atoms. The van der Waals surface area contributed by atoms with E-state index in [1.54, 1.807) is 12.1 Å². The van der Waals surface area contributed by atoms with Crippen molar-refractivity contribution in [1.29, 1.82) is 0 Å². The highest BCUT2D eigenvalue weighted by Gasteiger charge is 2.51. The first kappa shape index (κ1) is 24.7. The molecule has 2 aliphatic rings. The number of ether oxygens (including phenoxy) is 1. The molecule has 1 aromatic heterocycles. The standard InChI is InChI=1S/C26H35N3O4S/c1-6-7-13-29-23-15-21-12-14-28(18-26(21,24(30)33-5)16-19(23)17-27-29)34(31,32)22-10-8-20(9-11-22)25(2,3)4/h8-11,15,17H,6-7,12-14,16,18H2,1-5H3. The number of esters is 1. The Morgan fingerprint density at radius 1 is 1.21 bits per heavy atom. The van der Waals surface area contributed by atoms with Gasteiger partial charge in [-0.05, 0) is 59.6 Å². The Morgan fingerprint density at radius 3 is 2.53 bits per heavy atom. The highest BCUT2D eigenvalue weighted by atomic mass is 32.2. The average Bonchev–Trinajstić information content (AvgIpc) is 3.20. The van der Waals surface area contributed by atoms with Crippen LogP contribution in [0.15, 0.2) is 40.9 Å². The largest absolute Gasteiger partial charge is 0.468 e. The van der Waals surface area contributed by atoms with E-state index in [0.717, 1.165) is 41.8 Å². The molecule has 184 valence electrons. The number of piperidine rings is 1. The van der Waals surface area contributed by atoms with Crippen molar-refractivity contribution in [2.75, 3.05) is 20.2 Å². The van der Waals surface area contributed by atoms with Crippen LogP contribution in [0.1, 0.15) is 63.8 Å². The summed E-state index contributed by atoms with van der Waals surface area (Å²) in [5.74, 6) is -0.395. The second-order valence-electron chi connectivity index (χ2n) is 10.4. The molecule has 1 fully saturated rings. The maximum atomic E-state index is 13.6. The third-order valence-electron chi connectivity index (χ3n) is 7.11. The molecule has 1 aliphatic heterocycles. The van der Waals surface area contributed by atoms with E-state index in [-0.39, 0.29) is 16.9 Å². The number of nitrogens with zero attached hydrogens (tertiary/aromatic N) is 3. The van der Waals surface area contributed by atoms with E-state index in [2.05, 4.69) is 32.8 Å². The van der Waals surface area contributed by atoms with E-state index in [1.807, 2.05) is 29.1 Å². The van der Waals surface area contributed by atoms with Crippen molar-refractivity contribution in [3.8, 4) is 0 Å². The van der Waals surface area contributed by atoms with Gasteiger partial charge in [-0.25, -0.2) is 8.42 Å². The van der Waals surface area contributed by atoms with Crippen LogP contribution in [-0.4, -0.2) is 48.7 Å². The van der Waals surface area contributed by atoms with Crippen molar-refractivity contribution in [1.82, 2.24) is 14.1 Å². The fourth-order valence-corrected chi connectivity index (χ4v) is 6.50. The number of unbranched alkanes of at least 4 members (excludes halogenated alkanes) is 1. The Labute approximate surface area is 202 Å². The summed E-state index contributed by atoms with van der Waals surface area (Å²) >= 11 is 0. The van der Waals surface area contributed by atoms with Gasteiger partial charge < -0.3 is 4.74 Å². The zero-order valence-corrected chi connectivity index (χ0v) is 21.6. The molecule has 0 radical (unpaired) electrons. The number of hydrogen-bond acceptors (Lipinski definition) is 5. The Morgan fingerprint density at radius 2 is 1.91 bits per heavy atom. The average molecular weight is 486 g/mol. The van der Waals surface area contributed by atoms with E-state index in [1.165, 1.54) is 11.4 Å². The molecule has 1 aromatic carbocycles. The molecule has 0 spiro atoms. The van der Waals surface area contributed by atoms with Crippen molar-refractivity contribution in [2.24, 2.45) is 5.41 Å². The summed E-state index contributed by atoms with van der Waals surface area (Å²) in [5, 5.41) is 4.54. The Kier molecular flexibility index (Phi) is 6.50. The highest BCUT2D eigenvalue weighted by molar-refractivity contribution is 7.89. The molecular formula is C26H35N3O4S. The van der Waals surface area contributed by atoms with Crippen LogP contribution in [0.3, 0.4) is 0 Å². The lowest BCUT2D eigenvalue weighted by atomic mass is 9.69. The Balaban J connectivity index is 1.67. The quantitative estimate of drug-likeness (QED) is 0.574. The lowest BCUT2D eigenvalue weighted by molar-refractivity contribution is -0.151. The van der Waals surface area contributed by atoms with Gasteiger partial charge in [0.15, 0.2) is 0 Å². The van der Waals surface area contributed by atoms with Crippen LogP contribution in [0.4, 0.5) is 0 Å². The molecule has 1 unspecified atom stereocenters. The molecule has 0 amide bonds. The van der Waals surface area contributed by atoms with Crippen molar-refractivity contribution in [2.45, 2.75) is 70.2 Å². The van der Waals surface area contributed by atoms with Gasteiger partial charge in [-0.15, -0.1) is 0 Å². The minimum atomic E-state index is -3.76. The van der Waals surface area contributed by atoms with Gasteiger partial charge in [-0.2, -0.15) is 9.40 Å². The zero-order valence-electron chi connectivity index (χ0n) is 20.8. The summed E-state index contributed by atoms with van der Waals surface area (Å²) in [4.78, 5) is 13.4. The fraction of sp³-hybridized carbons (Fsp3) is 0.538. The number of aryl methyl sites for hydroxylation is 1. The number of methoxy groups -OCH3 is 1. The summed E-state index contributed by atoms with van der Waals surface area (Å²) in [5.41, 5.74) is 2.89. The van der Waals surface area contributed by atoms with E-state index in [4.69, 9.17) is 4.74 Å². The number of rotatable bonds is 6. The summed E-state index contributed by atoms with van der Waals surface area (Å²) in [6.45, 7) is 9.64. The van der Waals surface area contributed by atoms with Crippen LogP contribution in [-0.2, 0) is 37.9 Å². The second kappa shape index (κ2) is 8.96. The first-order valence-corrected chi connectivity index (χ1v) is 13.4. The van der Waals surface area contributed by atoms with Gasteiger partial charge in [-0.1, -0.05) is 46.2 Å². The second-order valence-corrected chi connectivity index (χ2v) is 12.4. The number of carbonyl (C=O) groups excluding carboxylic acids is 1. The summed E-state index contributed by atoms with van der Waals surface area (Å²) in [6.07, 6.45) is 6.82. The van der Waals surface area contributed by atoms with E-state index in [9.17, 15) is 13.2 Å². The number of sulfonamides is 1. The van der Waals surface area contributed by atoms with Gasteiger partial charge in [0.25, 0.3) is 0 Å². The van der Waals surface area contributed by atoms with Crippen LogP contribution < -0.4 is 0 Å². The molecule has 1 atom stereocenters. The van der Waals surface area contributed by atoms with Crippen LogP contribution in [0.5, 0.6) is 0 Å². The highest BCUT2D eigenvalue weighted by Crippen LogP contribution is 2.46. The maximum absolute atomic E-state index is 13.6. The Bertz CT molecular complexity index is 1210. The molecular weight excluding hydrogens is 450 g/mol. The van der Waals surface area contributed by atoms with Gasteiger partial charge in [0.1, 0.15) is 5.41 Å². The fourth-order valence-electron chi connectivity index (χ4n) is 5.00. The maximum Gasteiger partial charge on any atom is 0.317 e. The Hall–Kier alpha value is -2.45. The molecule has 7 nitrogen and oxygen atoms in total. The predicted molar refractivity (Wildman–Crippen MR) is 132 cm³/mol. The van der Waals surface area contributed by atoms with Crippen LogP contribution in [0, 0.1) is 5.41 Å². The lowest BCUT2D eigenvalue weighted by Crippen LogP contribution is -2.53. The number of benzene rings is 1. The minimum Gasteiger partial charge on any atom is -0.468 e. The minimum absolute atomic E-state index is 0.0639. The zero-order chi connectivity index (χ0) is 24.7. The van der Waals surface area contributed by atoms with E-state index in [0.29, 0.717) is 19.4 Å². The number of fused-ring (bicyclic) bond motifs is 2. The SMILES string of the molecule is CCCCn1ncc2c1C=C1CCN(S(=O)(=O)c3ccc(C(C)(C)C)cc3)CC1(C(=O)OC)C2. The smallest absolute Gasteiger partial charge is 0.317 e. The van der Waals surface area contributed by atoms with Gasteiger partial charge in [0, 0.05) is 19.6 Å². The van der Waals surface area contributed by atoms with Crippen molar-refractivity contribution < 1.29 is 17.9 Å². The van der Waals surface area contributed by atoms with E-state index >= 15 is 0 Å². The molecule has 2 heterocycles. The molecule has 4 rings (SSSR count). The molecule has 8 heteroatoms. The van der Waals surface area contributed by atoms with Crippen LogP contribution in [0.25, 0.3) is 6.08 Å². The molecule has 2 aromatic rings. The summed E-state index contributed by atoms with van der Waals surface area (Å²) in [7, 11) is -2.39. The normalized spacial score (nSPS) is 20.9. The third-order valence-corrected chi connectivity index (χ3v) is 8.97. The number of carbonyl (C=O) groups is 1. The van der Waals surface area contributed by atoms with Crippen molar-refractivity contribution >= 4 is 22.1 Å². The molecule has 34 heavy (non-hydrogen) atoms. The van der Waals surface area contributed by atoms with Gasteiger partial charge in [0.05, 0.1) is 23.9 Å². The first-order valence-electron chi connectivity index (χ1n) is 12.0. The molecule has 0 saturated carbocycles. The van der Waals surface area contributed by atoms with Gasteiger partial charge in [-0.3, -0.25) is 9.48 Å². The summed E-state index contributed by atoms with van der Waals surface area (Å²) in [6, 6.07) is 7.08. The van der Waals surface area contributed by atoms with E-state index < -0.39 is 21.4 Å². The lowest BCUT2D eigenvalue weighted by Gasteiger charge is -2.43. The van der Waals surface area contributed by atoms with Crippen molar-refractivity contribution in [3.63, 3.8) is 0 Å². The predicted octanol–water partition coefficient (Wildman–Crippen LogP) is 4.17. The van der Waals surface area contributed by atoms with Crippen molar-refractivity contribution in [3.05, 3.63) is 52.9 Å². The monoisotopic (exact) mass is 485 g/mol. The molecule has 0 N–H and O–H groups in total. The summed E-state index contributed by atoms with van der Waals surface area (Å²) < 4.78 is 35.8. The third kappa shape index (κ3) is 4.22. The van der Waals surface area contributed by atoms with Gasteiger partial charge >= 0.3 is 5.97 Å². The first-order chi connectivity index (χ1) is 16.0. The molecule has 1 aliphatic carbocycles. The number of hydrogen-bond donors (Lipinski definition) is 0. The van der Waals surface area contributed by atoms with Crippen LogP contribution in [0.2, 0.25) is 0 Å². The number of aromatic nitrogens is 2. The topological polar surface area (TPSA) is 81.5 Å². The van der Waals surface area contributed by atoms with Crippen LogP contribution >= 0.6 is 0 Å². The molecule has 1 saturated heterocycles.